The summed E-state index contributed by atoms with van der Waals surface area (Å²) in [7, 11) is 0. The predicted molar refractivity (Wildman–Crippen MR) is 477 cm³/mol. The molecule has 4 heteroatoms. The fourth-order valence-corrected chi connectivity index (χ4v) is 18.7. The van der Waals surface area contributed by atoms with Crippen molar-refractivity contribution in [3.8, 4) is 67.3 Å². The third-order valence-corrected chi connectivity index (χ3v) is 23.8. The van der Waals surface area contributed by atoms with Gasteiger partial charge in [-0.15, -0.1) is 0 Å². The maximum atomic E-state index is 2.44. The topological polar surface area (TPSA) is 19.7 Å². The van der Waals surface area contributed by atoms with Gasteiger partial charge in [0.25, 0.3) is 0 Å². The van der Waals surface area contributed by atoms with Crippen molar-refractivity contribution in [2.75, 3.05) is 0 Å². The molecule has 0 fully saturated rings. The van der Waals surface area contributed by atoms with Crippen molar-refractivity contribution in [2.24, 2.45) is 0 Å². The minimum atomic E-state index is 1.15. The number of para-hydroxylation sites is 6. The highest BCUT2D eigenvalue weighted by atomic mass is 15.0. The molecule has 24 rings (SSSR count). The standard InChI is InChI=1S/2C54H34N2/c1-2-15-39(16-3-1)55-51-23-10-8-21-45(51)49-32-36(26-29-53(49)55)37-27-30-54-50(33-37)46-22-9-11-24-52(46)56(54)40-17-12-14-38(31-40)47-34-48-41-18-5-4-13-35(41)25-28-44(48)42-19-6-7-20-43(42)47;1-2-13-39(14-3-1)55-51-20-10-8-18-45(51)49-32-37(25-30-53(49)55)38-26-31-54-50(33-38)46-19-9-11-21-52(46)56(54)40-27-22-36(23-28-40)47-34-48-41-15-5-4-12-35(41)24-29-44(48)42-16-6-7-17-43(42)47/h2*1-34H. The van der Waals surface area contributed by atoms with E-state index in [0.29, 0.717) is 0 Å². The molecule has 24 aromatic rings. The Bertz CT molecular complexity index is 7990. The zero-order valence-corrected chi connectivity index (χ0v) is 61.0. The van der Waals surface area contributed by atoms with Crippen LogP contribution in [0, 0.1) is 0 Å². The van der Waals surface area contributed by atoms with Gasteiger partial charge in [0.1, 0.15) is 0 Å². The lowest BCUT2D eigenvalue weighted by atomic mass is 9.91. The van der Waals surface area contributed by atoms with Crippen LogP contribution in [0.25, 0.3) is 219 Å². The second-order valence-corrected chi connectivity index (χ2v) is 29.8. The van der Waals surface area contributed by atoms with E-state index in [1.165, 1.54) is 208 Å². The van der Waals surface area contributed by atoms with E-state index in [9.17, 15) is 0 Å². The fraction of sp³-hybridized carbons (Fsp3) is 0. The molecule has 0 unspecified atom stereocenters. The molecule has 0 atom stereocenters. The summed E-state index contributed by atoms with van der Waals surface area (Å²) in [5, 5.41) is 25.4. The van der Waals surface area contributed by atoms with E-state index in [4.69, 9.17) is 0 Å². The Labute approximate surface area is 645 Å². The van der Waals surface area contributed by atoms with Crippen LogP contribution >= 0.6 is 0 Å². The van der Waals surface area contributed by atoms with Crippen molar-refractivity contribution >= 4 is 152 Å². The number of fused-ring (bicyclic) bond motifs is 22. The van der Waals surface area contributed by atoms with Crippen molar-refractivity contribution in [3.63, 3.8) is 0 Å². The third-order valence-electron chi connectivity index (χ3n) is 23.8. The predicted octanol–water partition coefficient (Wildman–Crippen LogP) is 29.3. The van der Waals surface area contributed by atoms with E-state index >= 15 is 0 Å². The van der Waals surface area contributed by atoms with Crippen LogP contribution in [-0.4, -0.2) is 18.3 Å². The molecule has 0 aliphatic rings. The average Bonchev–Trinajstić information content (AvgIpc) is 1.76. The molecule has 0 bridgehead atoms. The Balaban J connectivity index is 0.000000134. The molecule has 0 N–H and O–H groups in total. The van der Waals surface area contributed by atoms with E-state index in [-0.39, 0.29) is 0 Å². The highest BCUT2D eigenvalue weighted by molar-refractivity contribution is 6.23. The Morgan fingerprint density at radius 3 is 0.786 bits per heavy atom. The quantitative estimate of drug-likeness (QED) is 0.135. The molecule has 0 aliphatic carbocycles. The second kappa shape index (κ2) is 25.4. The molecule has 4 nitrogen and oxygen atoms in total. The lowest BCUT2D eigenvalue weighted by Crippen LogP contribution is -1.95. The van der Waals surface area contributed by atoms with Gasteiger partial charge in [-0.2, -0.15) is 0 Å². The molecule has 0 amide bonds. The molecule has 520 valence electrons. The van der Waals surface area contributed by atoms with Gasteiger partial charge in [-0.3, -0.25) is 0 Å². The lowest BCUT2D eigenvalue weighted by molar-refractivity contribution is 1.18. The molecular formula is C108H68N4. The van der Waals surface area contributed by atoms with Crippen LogP contribution in [0.2, 0.25) is 0 Å². The number of aromatic nitrogens is 4. The molecule has 0 saturated heterocycles. The third kappa shape index (κ3) is 9.95. The molecule has 112 heavy (non-hydrogen) atoms. The minimum Gasteiger partial charge on any atom is -0.309 e. The number of benzene rings is 20. The first-order valence-corrected chi connectivity index (χ1v) is 38.7. The Morgan fingerprint density at radius 1 is 0.116 bits per heavy atom. The van der Waals surface area contributed by atoms with E-state index in [0.717, 1.165) is 11.4 Å². The zero-order valence-electron chi connectivity index (χ0n) is 61.0. The van der Waals surface area contributed by atoms with Gasteiger partial charge in [0.2, 0.25) is 0 Å². The number of nitrogens with zero attached hydrogens (tertiary/aromatic N) is 4. The Hall–Kier alpha value is -14.8. The number of hydrogen-bond acceptors (Lipinski definition) is 0. The van der Waals surface area contributed by atoms with E-state index < -0.39 is 0 Å². The van der Waals surface area contributed by atoms with Gasteiger partial charge in [-0.1, -0.05) is 279 Å². The zero-order chi connectivity index (χ0) is 73.5. The molecular weight excluding hydrogens is 1350 g/mol. The van der Waals surface area contributed by atoms with Gasteiger partial charge in [0, 0.05) is 65.8 Å². The maximum absolute atomic E-state index is 2.44. The van der Waals surface area contributed by atoms with Crippen LogP contribution < -0.4 is 0 Å². The van der Waals surface area contributed by atoms with Gasteiger partial charge >= 0.3 is 0 Å². The monoisotopic (exact) mass is 1420 g/mol. The van der Waals surface area contributed by atoms with E-state index in [1.54, 1.807) is 0 Å². The average molecular weight is 1420 g/mol. The SMILES string of the molecule is c1ccc(-n2c3ccccc3c3cc(-c4ccc5c(c4)c4ccccc4n5-c4ccc(-c5cc6c7ccccc7ccc6c6ccccc56)cc4)ccc32)cc1.c1ccc(-n2c3ccccc3c3cc(-c4ccc5c(c4)c4ccccc4n5-c4cccc(-c5cc6c7ccccc7ccc6c6ccccc56)c4)ccc32)cc1. The Morgan fingerprint density at radius 2 is 0.393 bits per heavy atom. The summed E-state index contributed by atoms with van der Waals surface area (Å²) in [4.78, 5) is 0. The summed E-state index contributed by atoms with van der Waals surface area (Å²) in [5.41, 5.74) is 24.1. The van der Waals surface area contributed by atoms with Gasteiger partial charge in [0.05, 0.1) is 44.1 Å². The minimum absolute atomic E-state index is 1.15. The second-order valence-electron chi connectivity index (χ2n) is 29.8. The highest BCUT2D eigenvalue weighted by Crippen LogP contribution is 2.45. The maximum Gasteiger partial charge on any atom is 0.0541 e. The van der Waals surface area contributed by atoms with E-state index in [2.05, 4.69) is 431 Å². The first-order chi connectivity index (χ1) is 55.6. The van der Waals surface area contributed by atoms with Crippen LogP contribution in [0.5, 0.6) is 0 Å². The van der Waals surface area contributed by atoms with Crippen molar-refractivity contribution in [3.05, 3.63) is 413 Å². The largest absolute Gasteiger partial charge is 0.309 e. The number of hydrogen-bond donors (Lipinski definition) is 0. The van der Waals surface area contributed by atoms with Gasteiger partial charge in [0.15, 0.2) is 0 Å². The van der Waals surface area contributed by atoms with Crippen molar-refractivity contribution in [2.45, 2.75) is 0 Å². The molecule has 20 aromatic carbocycles. The first kappa shape index (κ1) is 63.3. The molecule has 0 saturated carbocycles. The fourth-order valence-electron chi connectivity index (χ4n) is 18.7. The first-order valence-electron chi connectivity index (χ1n) is 38.7. The number of rotatable bonds is 8. The summed E-state index contributed by atoms with van der Waals surface area (Å²) in [6.45, 7) is 0. The van der Waals surface area contributed by atoms with Crippen molar-refractivity contribution in [1.29, 1.82) is 0 Å². The van der Waals surface area contributed by atoms with Gasteiger partial charge in [-0.25, -0.2) is 0 Å². The highest BCUT2D eigenvalue weighted by Gasteiger charge is 2.22. The summed E-state index contributed by atoms with van der Waals surface area (Å²) in [6.07, 6.45) is 0. The molecule has 4 heterocycles. The van der Waals surface area contributed by atoms with Crippen molar-refractivity contribution in [1.82, 2.24) is 18.3 Å². The van der Waals surface area contributed by atoms with Crippen LogP contribution in [-0.2, 0) is 0 Å². The van der Waals surface area contributed by atoms with Gasteiger partial charge < -0.3 is 18.3 Å². The summed E-state index contributed by atoms with van der Waals surface area (Å²) in [6, 6.07) is 152. The van der Waals surface area contributed by atoms with Crippen molar-refractivity contribution < 1.29 is 0 Å². The molecule has 0 spiro atoms. The normalized spacial score (nSPS) is 11.9. The van der Waals surface area contributed by atoms with Gasteiger partial charge in [-0.05, 0) is 243 Å². The van der Waals surface area contributed by atoms with Crippen LogP contribution in [0.4, 0.5) is 0 Å². The van der Waals surface area contributed by atoms with Crippen LogP contribution in [0.15, 0.2) is 413 Å². The molecule has 0 radical (unpaired) electrons. The Kier molecular flexibility index (Phi) is 14.3. The lowest BCUT2D eigenvalue weighted by Gasteiger charge is -2.15. The van der Waals surface area contributed by atoms with E-state index in [1.807, 2.05) is 0 Å². The summed E-state index contributed by atoms with van der Waals surface area (Å²) >= 11 is 0. The smallest absolute Gasteiger partial charge is 0.0541 e. The molecule has 0 aliphatic heterocycles. The molecule has 4 aromatic heterocycles. The summed E-state index contributed by atoms with van der Waals surface area (Å²) in [5.74, 6) is 0. The van der Waals surface area contributed by atoms with Crippen LogP contribution in [0.3, 0.4) is 0 Å². The van der Waals surface area contributed by atoms with Crippen LogP contribution in [0.1, 0.15) is 0 Å². The summed E-state index contributed by atoms with van der Waals surface area (Å²) < 4.78 is 9.61.